The van der Waals surface area contributed by atoms with Gasteiger partial charge in [0.05, 0.1) is 31.1 Å². The van der Waals surface area contributed by atoms with Crippen LogP contribution in [0, 0.1) is 0 Å². The van der Waals surface area contributed by atoms with Crippen molar-refractivity contribution in [3.63, 3.8) is 0 Å². The predicted octanol–water partition coefficient (Wildman–Crippen LogP) is 4.53. The minimum atomic E-state index is -3.38. The Morgan fingerprint density at radius 1 is 0.892 bits per heavy atom. The number of carbonyl (C=O) groups excluding carboxylic acids is 1. The minimum absolute atomic E-state index is 0.0130. The summed E-state index contributed by atoms with van der Waals surface area (Å²) in [7, 11) is -2.02. The van der Waals surface area contributed by atoms with Gasteiger partial charge in [-0.1, -0.05) is 66.2 Å². The van der Waals surface area contributed by atoms with Gasteiger partial charge in [0.2, 0.25) is 10.0 Å². The Balaban J connectivity index is 1.37. The number of sulfonamides is 1. The standard InChI is InChI=1S/C28H31ClN2O5S/c1-35-28(32)25-9-7-22(8-10-25)20-36-27(24-11-13-26(29)14-12-24)19-30-15-17-31(18-16-30)37(33,34)21-23-5-3-2-4-6-23/h2-14,27H,15-21H2,1H3/t27-/m1/s1. The number of hydrogen-bond donors (Lipinski definition) is 0. The van der Waals surface area contributed by atoms with E-state index in [-0.39, 0.29) is 17.8 Å². The van der Waals surface area contributed by atoms with E-state index in [4.69, 9.17) is 21.1 Å². The molecule has 3 aromatic carbocycles. The van der Waals surface area contributed by atoms with Crippen molar-refractivity contribution in [2.75, 3.05) is 39.8 Å². The molecule has 0 N–H and O–H groups in total. The van der Waals surface area contributed by atoms with Gasteiger partial charge in [-0.3, -0.25) is 4.90 Å². The van der Waals surface area contributed by atoms with E-state index >= 15 is 0 Å². The minimum Gasteiger partial charge on any atom is -0.465 e. The molecule has 9 heteroatoms. The number of piperazine rings is 1. The highest BCUT2D eigenvalue weighted by Crippen LogP contribution is 2.24. The molecule has 0 radical (unpaired) electrons. The van der Waals surface area contributed by atoms with Gasteiger partial charge in [-0.2, -0.15) is 4.31 Å². The van der Waals surface area contributed by atoms with Crippen molar-refractivity contribution in [1.29, 1.82) is 0 Å². The number of carbonyl (C=O) groups is 1. The van der Waals surface area contributed by atoms with Gasteiger partial charge < -0.3 is 9.47 Å². The van der Waals surface area contributed by atoms with Crippen LogP contribution >= 0.6 is 11.6 Å². The molecule has 0 amide bonds. The third kappa shape index (κ3) is 7.63. The van der Waals surface area contributed by atoms with Crippen molar-refractivity contribution in [3.8, 4) is 0 Å². The number of hydrogen-bond acceptors (Lipinski definition) is 6. The SMILES string of the molecule is COC(=O)c1ccc(CO[C@H](CN2CCN(S(=O)(=O)Cc3ccccc3)CC2)c2ccc(Cl)cc2)cc1. The fourth-order valence-corrected chi connectivity index (χ4v) is 5.93. The lowest BCUT2D eigenvalue weighted by molar-refractivity contribution is 0.00770. The molecule has 3 aromatic rings. The Labute approximate surface area is 223 Å². The van der Waals surface area contributed by atoms with Crippen LogP contribution in [0.3, 0.4) is 0 Å². The molecule has 7 nitrogen and oxygen atoms in total. The van der Waals surface area contributed by atoms with Gasteiger partial charge in [0.15, 0.2) is 0 Å². The molecule has 1 aliphatic heterocycles. The highest BCUT2D eigenvalue weighted by Gasteiger charge is 2.28. The molecule has 1 aliphatic rings. The molecular formula is C28H31ClN2O5S. The van der Waals surface area contributed by atoms with Gasteiger partial charge in [-0.15, -0.1) is 0 Å². The molecule has 0 spiro atoms. The number of benzene rings is 3. The molecule has 0 aliphatic carbocycles. The molecular weight excluding hydrogens is 512 g/mol. The second kappa shape index (κ2) is 12.7. The molecule has 1 fully saturated rings. The maximum absolute atomic E-state index is 12.9. The summed E-state index contributed by atoms with van der Waals surface area (Å²) < 4.78 is 38.5. The van der Waals surface area contributed by atoms with Crippen LogP contribution < -0.4 is 0 Å². The number of nitrogens with zero attached hydrogens (tertiary/aromatic N) is 2. The molecule has 1 heterocycles. The number of ether oxygens (including phenoxy) is 2. The average molecular weight is 543 g/mol. The summed E-state index contributed by atoms with van der Waals surface area (Å²) in [6, 6.07) is 24.0. The lowest BCUT2D eigenvalue weighted by Crippen LogP contribution is -2.49. The summed E-state index contributed by atoms with van der Waals surface area (Å²) in [6.45, 7) is 3.11. The monoisotopic (exact) mass is 542 g/mol. The molecule has 37 heavy (non-hydrogen) atoms. The van der Waals surface area contributed by atoms with E-state index in [9.17, 15) is 13.2 Å². The van der Waals surface area contributed by atoms with Gasteiger partial charge in [0.1, 0.15) is 0 Å². The van der Waals surface area contributed by atoms with Crippen LogP contribution in [-0.2, 0) is 31.9 Å². The van der Waals surface area contributed by atoms with Crippen molar-refractivity contribution >= 4 is 27.6 Å². The van der Waals surface area contributed by atoms with Crippen molar-refractivity contribution < 1.29 is 22.7 Å². The molecule has 4 rings (SSSR count). The Bertz CT molecular complexity index is 1260. The third-order valence-electron chi connectivity index (χ3n) is 6.41. The molecule has 196 valence electrons. The molecule has 1 saturated heterocycles. The Hall–Kier alpha value is -2.75. The first-order chi connectivity index (χ1) is 17.8. The first-order valence-electron chi connectivity index (χ1n) is 12.1. The fraction of sp³-hybridized carbons (Fsp3) is 0.321. The van der Waals surface area contributed by atoms with Crippen molar-refractivity contribution in [2.45, 2.75) is 18.5 Å². The lowest BCUT2D eigenvalue weighted by Gasteiger charge is -2.36. The highest BCUT2D eigenvalue weighted by atomic mass is 35.5. The Kier molecular flexibility index (Phi) is 9.34. The summed E-state index contributed by atoms with van der Waals surface area (Å²) in [5.74, 6) is -0.365. The van der Waals surface area contributed by atoms with Crippen LogP contribution in [-0.4, -0.2) is 63.4 Å². The van der Waals surface area contributed by atoms with Crippen LogP contribution in [0.4, 0.5) is 0 Å². The largest absolute Gasteiger partial charge is 0.465 e. The number of halogens is 1. The molecule has 0 unspecified atom stereocenters. The average Bonchev–Trinajstić information content (AvgIpc) is 2.92. The summed E-state index contributed by atoms with van der Waals surface area (Å²) in [4.78, 5) is 13.9. The maximum atomic E-state index is 12.9. The Morgan fingerprint density at radius 2 is 1.54 bits per heavy atom. The first-order valence-corrected chi connectivity index (χ1v) is 14.1. The first kappa shape index (κ1) is 27.3. The number of esters is 1. The van der Waals surface area contributed by atoms with Gasteiger partial charge in [0.25, 0.3) is 0 Å². The molecule has 1 atom stereocenters. The normalized spacial score (nSPS) is 15.8. The van der Waals surface area contributed by atoms with E-state index in [1.54, 1.807) is 16.4 Å². The van der Waals surface area contributed by atoms with Crippen LogP contribution in [0.1, 0.15) is 33.2 Å². The lowest BCUT2D eigenvalue weighted by atomic mass is 10.1. The van der Waals surface area contributed by atoms with E-state index in [2.05, 4.69) is 4.90 Å². The van der Waals surface area contributed by atoms with E-state index in [1.165, 1.54) is 7.11 Å². The fourth-order valence-electron chi connectivity index (χ4n) is 4.28. The zero-order chi connectivity index (χ0) is 26.3. The number of methoxy groups -OCH3 is 1. The zero-order valence-electron chi connectivity index (χ0n) is 20.8. The van der Waals surface area contributed by atoms with Crippen LogP contribution in [0.2, 0.25) is 5.02 Å². The summed E-state index contributed by atoms with van der Waals surface area (Å²) in [6.07, 6.45) is -0.231. The van der Waals surface area contributed by atoms with Gasteiger partial charge >= 0.3 is 5.97 Å². The van der Waals surface area contributed by atoms with E-state index in [1.807, 2.05) is 66.7 Å². The number of rotatable bonds is 10. The highest BCUT2D eigenvalue weighted by molar-refractivity contribution is 7.88. The van der Waals surface area contributed by atoms with Crippen molar-refractivity contribution in [1.82, 2.24) is 9.21 Å². The van der Waals surface area contributed by atoms with E-state index in [0.29, 0.717) is 49.9 Å². The van der Waals surface area contributed by atoms with Crippen LogP contribution in [0.5, 0.6) is 0 Å². The summed E-state index contributed by atoms with van der Waals surface area (Å²) >= 11 is 6.10. The van der Waals surface area contributed by atoms with Gasteiger partial charge in [0, 0.05) is 37.7 Å². The second-order valence-corrected chi connectivity index (χ2v) is 11.4. The molecule has 0 saturated carbocycles. The van der Waals surface area contributed by atoms with Crippen molar-refractivity contribution in [2.24, 2.45) is 0 Å². The predicted molar refractivity (Wildman–Crippen MR) is 144 cm³/mol. The van der Waals surface area contributed by atoms with E-state index in [0.717, 1.165) is 16.7 Å². The van der Waals surface area contributed by atoms with Crippen molar-refractivity contribution in [3.05, 3.63) is 106 Å². The topological polar surface area (TPSA) is 76.2 Å². The molecule has 0 aromatic heterocycles. The van der Waals surface area contributed by atoms with Crippen LogP contribution in [0.25, 0.3) is 0 Å². The van der Waals surface area contributed by atoms with Gasteiger partial charge in [-0.25, -0.2) is 13.2 Å². The van der Waals surface area contributed by atoms with Gasteiger partial charge in [-0.05, 0) is 41.0 Å². The summed E-state index contributed by atoms with van der Waals surface area (Å²) in [5, 5.41) is 0.651. The van der Waals surface area contributed by atoms with Crippen LogP contribution in [0.15, 0.2) is 78.9 Å². The smallest absolute Gasteiger partial charge is 0.337 e. The third-order valence-corrected chi connectivity index (χ3v) is 8.51. The maximum Gasteiger partial charge on any atom is 0.337 e. The van der Waals surface area contributed by atoms with E-state index < -0.39 is 10.0 Å². The second-order valence-electron chi connectivity index (χ2n) is 8.98. The molecule has 0 bridgehead atoms. The quantitative estimate of drug-likeness (QED) is 0.350. The summed E-state index contributed by atoms with van der Waals surface area (Å²) in [5.41, 5.74) is 3.21. The zero-order valence-corrected chi connectivity index (χ0v) is 22.3. The Morgan fingerprint density at radius 3 is 2.16 bits per heavy atom.